The number of aromatic nitrogens is 1. The Morgan fingerprint density at radius 1 is 1.04 bits per heavy atom. The van der Waals surface area contributed by atoms with Gasteiger partial charge in [-0.05, 0) is 58.2 Å². The predicted octanol–water partition coefficient (Wildman–Crippen LogP) is 6.32. The van der Waals surface area contributed by atoms with Gasteiger partial charge in [0.05, 0.1) is 21.8 Å². The predicted molar refractivity (Wildman–Crippen MR) is 109 cm³/mol. The van der Waals surface area contributed by atoms with E-state index in [0.29, 0.717) is 5.02 Å². The molecule has 2 nitrogen and oxygen atoms in total. The van der Waals surface area contributed by atoms with Crippen LogP contribution >= 0.6 is 39.7 Å². The first-order valence-electron chi connectivity index (χ1n) is 7.32. The molecular formula is C19H14BrClN2S. The highest BCUT2D eigenvalue weighted by atomic mass is 79.9. The number of hydrogen-bond acceptors (Lipinski definition) is 3. The topological polar surface area (TPSA) is 24.9 Å². The van der Waals surface area contributed by atoms with Gasteiger partial charge in [-0.1, -0.05) is 48.1 Å². The molecule has 0 unspecified atom stereocenters. The lowest BCUT2D eigenvalue weighted by Gasteiger charge is -2.12. The van der Waals surface area contributed by atoms with Crippen LogP contribution in [0.1, 0.15) is 16.7 Å². The van der Waals surface area contributed by atoms with Gasteiger partial charge < -0.3 is 5.32 Å². The summed E-state index contributed by atoms with van der Waals surface area (Å²) in [7, 11) is 0. The Balaban J connectivity index is 1.87. The lowest BCUT2D eigenvalue weighted by Crippen LogP contribution is -2.03. The molecule has 0 aliphatic rings. The third-order valence-corrected chi connectivity index (χ3v) is 4.78. The zero-order valence-corrected chi connectivity index (χ0v) is 16.0. The average molecular weight is 418 g/mol. The molecule has 5 heteroatoms. The number of nitrogens with zero attached hydrogens (tertiary/aromatic N) is 1. The molecule has 1 heterocycles. The van der Waals surface area contributed by atoms with Crippen LogP contribution in [0.25, 0.3) is 0 Å². The number of thiocarbonyl (C=S) groups is 1. The first-order valence-corrected chi connectivity index (χ1v) is 8.90. The summed E-state index contributed by atoms with van der Waals surface area (Å²) in [4.78, 5) is 4.89. The second kappa shape index (κ2) is 7.43. The van der Waals surface area contributed by atoms with Crippen molar-refractivity contribution in [3.05, 3.63) is 87.1 Å². The second-order valence-corrected chi connectivity index (χ2v) is 7.09. The van der Waals surface area contributed by atoms with Gasteiger partial charge in [0.2, 0.25) is 0 Å². The summed E-state index contributed by atoms with van der Waals surface area (Å²) in [5.74, 6) is 0. The largest absolute Gasteiger partial charge is 0.354 e. The Morgan fingerprint density at radius 3 is 2.54 bits per heavy atom. The number of anilines is 2. The van der Waals surface area contributed by atoms with E-state index in [4.69, 9.17) is 23.8 Å². The van der Waals surface area contributed by atoms with Gasteiger partial charge in [-0.3, -0.25) is 4.98 Å². The van der Waals surface area contributed by atoms with E-state index in [1.54, 1.807) is 12.4 Å². The fourth-order valence-corrected chi connectivity index (χ4v) is 3.50. The Kier molecular flexibility index (Phi) is 5.29. The van der Waals surface area contributed by atoms with Gasteiger partial charge >= 0.3 is 0 Å². The van der Waals surface area contributed by atoms with Crippen LogP contribution in [0.4, 0.5) is 11.4 Å². The van der Waals surface area contributed by atoms with Crippen LogP contribution in [0, 0.1) is 6.92 Å². The minimum absolute atomic E-state index is 0.621. The van der Waals surface area contributed by atoms with Crippen molar-refractivity contribution in [1.29, 1.82) is 0 Å². The molecule has 2 aromatic carbocycles. The van der Waals surface area contributed by atoms with Gasteiger partial charge in [-0.15, -0.1) is 0 Å². The Bertz CT molecular complexity index is 911. The van der Waals surface area contributed by atoms with Crippen LogP contribution in [-0.2, 0) is 0 Å². The standard InChI is InChI=1S/C19H14BrClN2S/c1-12-4-2-3-5-16(12)19(24)17-7-6-14(9-18(17)21)23-15-8-13(20)10-22-11-15/h2-11,23H,1H3. The third-order valence-electron chi connectivity index (χ3n) is 3.60. The van der Waals surface area contributed by atoms with Gasteiger partial charge in [0.15, 0.2) is 0 Å². The number of halogens is 2. The SMILES string of the molecule is Cc1ccccc1C(=S)c1ccc(Nc2cncc(Br)c2)cc1Cl. The molecule has 1 N–H and O–H groups in total. The molecule has 0 fully saturated rings. The molecule has 0 aliphatic heterocycles. The quantitative estimate of drug-likeness (QED) is 0.397. The van der Waals surface area contributed by atoms with E-state index >= 15 is 0 Å². The van der Waals surface area contributed by atoms with Crippen LogP contribution in [0.15, 0.2) is 65.4 Å². The summed E-state index contributed by atoms with van der Waals surface area (Å²) in [5, 5.41) is 3.90. The van der Waals surface area contributed by atoms with Gasteiger partial charge in [-0.2, -0.15) is 0 Å². The molecular weight excluding hydrogens is 404 g/mol. The Labute approximate surface area is 160 Å². The number of rotatable bonds is 4. The fourth-order valence-electron chi connectivity index (χ4n) is 2.40. The van der Waals surface area contributed by atoms with Crippen molar-refractivity contribution >= 4 is 56.0 Å². The molecule has 0 atom stereocenters. The molecule has 0 radical (unpaired) electrons. The number of aryl methyl sites for hydroxylation is 1. The van der Waals surface area contributed by atoms with E-state index in [2.05, 4.69) is 26.2 Å². The van der Waals surface area contributed by atoms with Crippen molar-refractivity contribution in [3.8, 4) is 0 Å². The minimum atomic E-state index is 0.621. The number of nitrogens with one attached hydrogen (secondary N) is 1. The Morgan fingerprint density at radius 2 is 1.83 bits per heavy atom. The molecule has 0 bridgehead atoms. The molecule has 24 heavy (non-hydrogen) atoms. The summed E-state index contributed by atoms with van der Waals surface area (Å²) >= 11 is 15.5. The molecule has 3 aromatic rings. The summed E-state index contributed by atoms with van der Waals surface area (Å²) in [6.07, 6.45) is 3.49. The van der Waals surface area contributed by atoms with E-state index < -0.39 is 0 Å². The zero-order chi connectivity index (χ0) is 17.1. The van der Waals surface area contributed by atoms with E-state index in [1.807, 2.05) is 55.5 Å². The molecule has 0 spiro atoms. The van der Waals surface area contributed by atoms with Crippen LogP contribution < -0.4 is 5.32 Å². The summed E-state index contributed by atoms with van der Waals surface area (Å²) in [6, 6.07) is 15.8. The molecule has 0 amide bonds. The van der Waals surface area contributed by atoms with Crippen LogP contribution in [0.2, 0.25) is 5.02 Å². The highest BCUT2D eigenvalue weighted by Crippen LogP contribution is 2.27. The Hall–Kier alpha value is -1.75. The second-order valence-electron chi connectivity index (χ2n) is 5.36. The first-order chi connectivity index (χ1) is 11.5. The van der Waals surface area contributed by atoms with Crippen LogP contribution in [0.5, 0.6) is 0 Å². The molecule has 1 aromatic heterocycles. The van der Waals surface area contributed by atoms with Crippen molar-refractivity contribution < 1.29 is 0 Å². The lowest BCUT2D eigenvalue weighted by atomic mass is 10.00. The van der Waals surface area contributed by atoms with Gasteiger partial charge in [-0.25, -0.2) is 0 Å². The maximum atomic E-state index is 6.47. The maximum Gasteiger partial charge on any atom is 0.0582 e. The number of benzene rings is 2. The molecule has 3 rings (SSSR count). The van der Waals surface area contributed by atoms with Crippen molar-refractivity contribution in [3.63, 3.8) is 0 Å². The third kappa shape index (κ3) is 3.83. The summed E-state index contributed by atoms with van der Waals surface area (Å²) < 4.78 is 0.913. The highest BCUT2D eigenvalue weighted by Gasteiger charge is 2.11. The first kappa shape index (κ1) is 17.1. The number of hydrogen-bond donors (Lipinski definition) is 1. The number of pyridine rings is 1. The maximum absolute atomic E-state index is 6.47. The smallest absolute Gasteiger partial charge is 0.0582 e. The monoisotopic (exact) mass is 416 g/mol. The van der Waals surface area contributed by atoms with E-state index in [9.17, 15) is 0 Å². The van der Waals surface area contributed by atoms with Crippen molar-refractivity contribution in [1.82, 2.24) is 4.98 Å². The van der Waals surface area contributed by atoms with Gasteiger partial charge in [0.25, 0.3) is 0 Å². The minimum Gasteiger partial charge on any atom is -0.354 e. The molecule has 0 saturated heterocycles. The van der Waals surface area contributed by atoms with Crippen LogP contribution in [-0.4, -0.2) is 9.85 Å². The van der Waals surface area contributed by atoms with Gasteiger partial charge in [0.1, 0.15) is 0 Å². The van der Waals surface area contributed by atoms with E-state index in [1.165, 1.54) is 0 Å². The van der Waals surface area contributed by atoms with Crippen LogP contribution in [0.3, 0.4) is 0 Å². The van der Waals surface area contributed by atoms with Crippen molar-refractivity contribution in [2.75, 3.05) is 5.32 Å². The van der Waals surface area contributed by atoms with Crippen molar-refractivity contribution in [2.45, 2.75) is 6.92 Å². The van der Waals surface area contributed by atoms with Crippen molar-refractivity contribution in [2.24, 2.45) is 0 Å². The average Bonchev–Trinajstić information content (AvgIpc) is 2.55. The lowest BCUT2D eigenvalue weighted by molar-refractivity contribution is 1.30. The highest BCUT2D eigenvalue weighted by molar-refractivity contribution is 9.10. The summed E-state index contributed by atoms with van der Waals surface area (Å²) in [5.41, 5.74) is 4.80. The molecule has 0 aliphatic carbocycles. The van der Waals surface area contributed by atoms with Gasteiger partial charge in [0, 0.05) is 21.9 Å². The zero-order valence-electron chi connectivity index (χ0n) is 12.9. The summed E-state index contributed by atoms with van der Waals surface area (Å²) in [6.45, 7) is 2.05. The molecule has 0 saturated carbocycles. The molecule has 120 valence electrons. The fraction of sp³-hybridized carbons (Fsp3) is 0.0526. The normalized spacial score (nSPS) is 10.5. The van der Waals surface area contributed by atoms with E-state index in [-0.39, 0.29) is 0 Å². The van der Waals surface area contributed by atoms with E-state index in [0.717, 1.165) is 37.4 Å².